The number of nitrogens with one attached hydrogen (secondary N) is 2. The molecule has 0 saturated carbocycles. The van der Waals surface area contributed by atoms with Crippen molar-refractivity contribution in [1.82, 2.24) is 35.1 Å². The zero-order valence-corrected chi connectivity index (χ0v) is 17.8. The summed E-state index contributed by atoms with van der Waals surface area (Å²) in [5, 5.41) is 23.8. The molecule has 3 aromatic carbocycles. The fourth-order valence-corrected chi connectivity index (χ4v) is 4.50. The highest BCUT2D eigenvalue weighted by atomic mass is 15.3. The molecule has 6 rings (SSSR count). The van der Waals surface area contributed by atoms with Crippen LogP contribution in [-0.2, 0) is 26.7 Å². The van der Waals surface area contributed by atoms with Crippen LogP contribution in [0.25, 0.3) is 32.7 Å². The van der Waals surface area contributed by atoms with E-state index in [1.165, 1.54) is 5.39 Å². The molecule has 6 aromatic rings. The topological polar surface area (TPSA) is 78.4 Å². The van der Waals surface area contributed by atoms with Crippen LogP contribution in [0, 0.1) is 0 Å². The predicted molar refractivity (Wildman–Crippen MR) is 126 cm³/mol. The lowest BCUT2D eigenvalue weighted by molar-refractivity contribution is 0.240. The van der Waals surface area contributed by atoms with Gasteiger partial charge in [0.1, 0.15) is 0 Å². The normalized spacial score (nSPS) is 11.9. The molecule has 0 fully saturated rings. The van der Waals surface area contributed by atoms with Crippen molar-refractivity contribution in [2.45, 2.75) is 19.6 Å². The van der Waals surface area contributed by atoms with Crippen molar-refractivity contribution >= 4 is 32.7 Å². The predicted octanol–water partition coefficient (Wildman–Crippen LogP) is 4.53. The number of fused-ring (bicyclic) bond motifs is 3. The number of rotatable bonds is 6. The molecule has 2 N–H and O–H groups in total. The Balaban J connectivity index is 1.39. The molecule has 3 heterocycles. The van der Waals surface area contributed by atoms with Gasteiger partial charge in [0.15, 0.2) is 0 Å². The molecule has 0 atom stereocenters. The van der Waals surface area contributed by atoms with Crippen molar-refractivity contribution < 1.29 is 0 Å². The van der Waals surface area contributed by atoms with Crippen LogP contribution in [0.3, 0.4) is 0 Å². The number of hydrogen-bond donors (Lipinski definition) is 2. The highest BCUT2D eigenvalue weighted by Gasteiger charge is 2.18. The summed E-state index contributed by atoms with van der Waals surface area (Å²) in [6.07, 6.45) is 0. The summed E-state index contributed by atoms with van der Waals surface area (Å²) < 4.78 is 1.96. The largest absolute Gasteiger partial charge is 0.286 e. The Kier molecular flexibility index (Phi) is 4.47. The van der Waals surface area contributed by atoms with Crippen molar-refractivity contribution in [3.05, 3.63) is 89.9 Å². The first kappa shape index (κ1) is 18.8. The smallest absolute Gasteiger partial charge is 0.0924 e. The van der Waals surface area contributed by atoms with E-state index < -0.39 is 0 Å². The second kappa shape index (κ2) is 7.62. The quantitative estimate of drug-likeness (QED) is 0.414. The summed E-state index contributed by atoms with van der Waals surface area (Å²) in [6, 6.07) is 24.8. The van der Waals surface area contributed by atoms with E-state index in [4.69, 9.17) is 5.10 Å². The van der Waals surface area contributed by atoms with Gasteiger partial charge < -0.3 is 0 Å². The van der Waals surface area contributed by atoms with Gasteiger partial charge >= 0.3 is 0 Å². The van der Waals surface area contributed by atoms with Gasteiger partial charge in [0.25, 0.3) is 0 Å². The van der Waals surface area contributed by atoms with E-state index in [0.29, 0.717) is 6.54 Å². The lowest BCUT2D eigenvalue weighted by Crippen LogP contribution is -2.23. The molecule has 0 aliphatic rings. The highest BCUT2D eigenvalue weighted by molar-refractivity contribution is 5.83. The van der Waals surface area contributed by atoms with E-state index in [1.54, 1.807) is 0 Å². The third kappa shape index (κ3) is 3.23. The van der Waals surface area contributed by atoms with Crippen molar-refractivity contribution in [2.24, 2.45) is 7.05 Å². The Morgan fingerprint density at radius 2 is 1.22 bits per heavy atom. The van der Waals surface area contributed by atoms with E-state index in [1.807, 2.05) is 36.0 Å². The number of hydrogen-bond acceptors (Lipinski definition) is 4. The minimum atomic E-state index is 0.710. The molecule has 7 nitrogen and oxygen atoms in total. The first-order valence-electron chi connectivity index (χ1n) is 10.7. The van der Waals surface area contributed by atoms with E-state index >= 15 is 0 Å². The highest BCUT2D eigenvalue weighted by Crippen LogP contribution is 2.24. The van der Waals surface area contributed by atoms with Crippen LogP contribution in [-0.4, -0.2) is 35.1 Å². The molecule has 0 saturated heterocycles. The van der Waals surface area contributed by atoms with Gasteiger partial charge in [0.05, 0.1) is 33.6 Å². The van der Waals surface area contributed by atoms with Crippen LogP contribution in [0.15, 0.2) is 72.8 Å². The first-order chi connectivity index (χ1) is 15.8. The van der Waals surface area contributed by atoms with E-state index in [2.05, 4.69) is 73.8 Å². The first-order valence-corrected chi connectivity index (χ1v) is 10.7. The SMILES string of the molecule is Cn1nc(CN(Cc2[nH]nc3ccccc23)Cc2[nH]nc3ccccc23)c2ccccc21. The van der Waals surface area contributed by atoms with E-state index in [0.717, 1.165) is 57.5 Å². The van der Waals surface area contributed by atoms with Crippen LogP contribution < -0.4 is 0 Å². The van der Waals surface area contributed by atoms with Crippen LogP contribution >= 0.6 is 0 Å². The summed E-state index contributed by atoms with van der Waals surface area (Å²) in [6.45, 7) is 2.15. The van der Waals surface area contributed by atoms with Gasteiger partial charge in [-0.2, -0.15) is 15.3 Å². The average Bonchev–Trinajstić information content (AvgIpc) is 3.51. The van der Waals surface area contributed by atoms with Gasteiger partial charge in [0, 0.05) is 42.8 Å². The molecule has 7 heteroatoms. The molecule has 0 aliphatic carbocycles. The molecule has 0 spiro atoms. The minimum Gasteiger partial charge on any atom is -0.286 e. The maximum Gasteiger partial charge on any atom is 0.0924 e. The summed E-state index contributed by atoms with van der Waals surface area (Å²) in [5.74, 6) is 0. The second-order valence-electron chi connectivity index (χ2n) is 8.17. The van der Waals surface area contributed by atoms with Gasteiger partial charge in [-0.1, -0.05) is 54.6 Å². The summed E-state index contributed by atoms with van der Waals surface area (Å²) >= 11 is 0. The Bertz CT molecular complexity index is 1460. The number of H-pyrrole nitrogens is 2. The number of aromatic nitrogens is 6. The zero-order chi connectivity index (χ0) is 21.5. The van der Waals surface area contributed by atoms with Crippen LogP contribution in [0.1, 0.15) is 17.1 Å². The molecule has 3 aromatic heterocycles. The number of aromatic amines is 2. The molecule has 0 bridgehead atoms. The van der Waals surface area contributed by atoms with Gasteiger partial charge in [-0.15, -0.1) is 0 Å². The van der Waals surface area contributed by atoms with Crippen LogP contribution in [0.2, 0.25) is 0 Å². The second-order valence-corrected chi connectivity index (χ2v) is 8.17. The lowest BCUT2D eigenvalue weighted by Gasteiger charge is -2.20. The van der Waals surface area contributed by atoms with Crippen LogP contribution in [0.4, 0.5) is 0 Å². The Morgan fingerprint density at radius 1 is 0.688 bits per heavy atom. The van der Waals surface area contributed by atoms with Gasteiger partial charge in [0.2, 0.25) is 0 Å². The van der Waals surface area contributed by atoms with E-state index in [-0.39, 0.29) is 0 Å². The fraction of sp³-hybridized carbons (Fsp3) is 0.160. The Hall–Kier alpha value is -3.97. The third-order valence-electron chi connectivity index (χ3n) is 6.05. The molecule has 0 unspecified atom stereocenters. The van der Waals surface area contributed by atoms with Crippen molar-refractivity contribution in [2.75, 3.05) is 0 Å². The third-order valence-corrected chi connectivity index (χ3v) is 6.05. The number of benzene rings is 3. The van der Waals surface area contributed by atoms with Gasteiger partial charge in [-0.3, -0.25) is 19.8 Å². The summed E-state index contributed by atoms with van der Waals surface area (Å²) in [7, 11) is 2.00. The van der Waals surface area contributed by atoms with Crippen LogP contribution in [0.5, 0.6) is 0 Å². The molecular weight excluding hydrogens is 398 g/mol. The number of para-hydroxylation sites is 3. The molecule has 32 heavy (non-hydrogen) atoms. The zero-order valence-electron chi connectivity index (χ0n) is 17.8. The van der Waals surface area contributed by atoms with E-state index in [9.17, 15) is 0 Å². The molecular formula is C25H23N7. The average molecular weight is 422 g/mol. The Labute approximate surface area is 184 Å². The minimum absolute atomic E-state index is 0.710. The lowest BCUT2D eigenvalue weighted by atomic mass is 10.1. The number of nitrogens with zero attached hydrogens (tertiary/aromatic N) is 5. The van der Waals surface area contributed by atoms with Crippen molar-refractivity contribution in [3.8, 4) is 0 Å². The molecule has 158 valence electrons. The summed E-state index contributed by atoms with van der Waals surface area (Å²) in [4.78, 5) is 2.38. The van der Waals surface area contributed by atoms with Crippen molar-refractivity contribution in [3.63, 3.8) is 0 Å². The van der Waals surface area contributed by atoms with Crippen molar-refractivity contribution in [1.29, 1.82) is 0 Å². The fourth-order valence-electron chi connectivity index (χ4n) is 4.50. The number of aryl methyl sites for hydroxylation is 1. The molecule has 0 radical (unpaired) electrons. The summed E-state index contributed by atoms with van der Waals surface area (Å²) in [5.41, 5.74) is 6.38. The molecule has 0 amide bonds. The standard InChI is InChI=1S/C25H23N7/c1-31-25-13-7-4-10-19(25)24(30-31)16-32(14-22-17-8-2-5-11-20(17)26-28-22)15-23-18-9-3-6-12-21(18)27-29-23/h2-13H,14-16H2,1H3,(H,26,28)(H,27,29). The monoisotopic (exact) mass is 421 g/mol. The van der Waals surface area contributed by atoms with Gasteiger partial charge in [-0.05, 0) is 18.2 Å². The molecule has 0 aliphatic heterocycles. The maximum absolute atomic E-state index is 4.84. The maximum atomic E-state index is 4.84. The van der Waals surface area contributed by atoms with Gasteiger partial charge in [-0.25, -0.2) is 0 Å². The Morgan fingerprint density at radius 3 is 1.84 bits per heavy atom.